The molecule has 0 spiro atoms. The number of nitrogens with one attached hydrogen (secondary N) is 1. The highest BCUT2D eigenvalue weighted by Crippen LogP contribution is 2.42. The standard InChI is InChI=1S/C31H22ClNO7/c32-16-25(36)24(13-17-5-2-1-3-6-17)33-30(37)23-8-4-7-22(29(23)31(38)39)28-20-11-9-18(34)14-26(20)40-27-15-19(35)10-12-21(27)28/h1-12,14-15,24,34H,13,16H2,(H,33,37)(H,38,39). The average Bonchev–Trinajstić information content (AvgIpc) is 2.95. The maximum Gasteiger partial charge on any atom is 0.337 e. The van der Waals surface area contributed by atoms with E-state index in [1.165, 1.54) is 42.5 Å². The Hall–Kier alpha value is -4.95. The Morgan fingerprint density at radius 3 is 2.40 bits per heavy atom. The number of halogens is 1. The minimum absolute atomic E-state index is 0.0835. The number of phenols is 1. The van der Waals surface area contributed by atoms with Crippen molar-refractivity contribution in [1.82, 2.24) is 5.32 Å². The molecule has 0 fully saturated rings. The van der Waals surface area contributed by atoms with Gasteiger partial charge >= 0.3 is 5.97 Å². The first-order valence-electron chi connectivity index (χ1n) is 12.3. The molecule has 3 aromatic carbocycles. The van der Waals surface area contributed by atoms with Crippen molar-refractivity contribution < 1.29 is 29.0 Å². The van der Waals surface area contributed by atoms with Gasteiger partial charge in [-0.15, -0.1) is 11.6 Å². The van der Waals surface area contributed by atoms with E-state index in [4.69, 9.17) is 16.0 Å². The number of hydrogen-bond donors (Lipinski definition) is 3. The Morgan fingerprint density at radius 1 is 0.900 bits per heavy atom. The van der Waals surface area contributed by atoms with Crippen LogP contribution in [0.1, 0.15) is 26.3 Å². The molecule has 0 radical (unpaired) electrons. The number of aromatic hydroxyl groups is 1. The maximum atomic E-state index is 13.5. The molecular formula is C31H22ClNO7. The van der Waals surface area contributed by atoms with E-state index in [0.29, 0.717) is 16.5 Å². The van der Waals surface area contributed by atoms with Gasteiger partial charge in [-0.05, 0) is 47.9 Å². The molecule has 1 amide bonds. The number of fused-ring (bicyclic) bond motifs is 2. The van der Waals surface area contributed by atoms with Gasteiger partial charge in [-0.1, -0.05) is 42.5 Å². The number of rotatable bonds is 8. The number of alkyl halides is 1. The Kier molecular flexibility index (Phi) is 7.35. The third-order valence-electron chi connectivity index (χ3n) is 6.58. The lowest BCUT2D eigenvalue weighted by atomic mass is 9.88. The fraction of sp³-hybridized carbons (Fsp3) is 0.0968. The van der Waals surface area contributed by atoms with E-state index in [1.807, 2.05) is 30.3 Å². The van der Waals surface area contributed by atoms with E-state index in [0.717, 1.165) is 5.56 Å². The molecule has 9 heteroatoms. The molecule has 8 nitrogen and oxygen atoms in total. The summed E-state index contributed by atoms with van der Waals surface area (Å²) >= 11 is 5.82. The minimum atomic E-state index is -1.37. The summed E-state index contributed by atoms with van der Waals surface area (Å²) < 4.78 is 5.86. The molecule has 0 bridgehead atoms. The highest BCUT2D eigenvalue weighted by atomic mass is 35.5. The van der Waals surface area contributed by atoms with Crippen LogP contribution in [0.5, 0.6) is 5.75 Å². The Morgan fingerprint density at radius 2 is 1.68 bits per heavy atom. The van der Waals surface area contributed by atoms with Gasteiger partial charge in [-0.25, -0.2) is 4.79 Å². The smallest absolute Gasteiger partial charge is 0.337 e. The first kappa shape index (κ1) is 26.6. The van der Waals surface area contributed by atoms with Crippen LogP contribution in [0.2, 0.25) is 0 Å². The van der Waals surface area contributed by atoms with E-state index in [-0.39, 0.29) is 51.5 Å². The summed E-state index contributed by atoms with van der Waals surface area (Å²) in [4.78, 5) is 50.9. The number of carbonyl (C=O) groups is 3. The lowest BCUT2D eigenvalue weighted by molar-refractivity contribution is -0.118. The summed E-state index contributed by atoms with van der Waals surface area (Å²) in [5.41, 5.74) is 1.27. The quantitative estimate of drug-likeness (QED) is 0.179. The molecule has 0 saturated carbocycles. The van der Waals surface area contributed by atoms with Crippen molar-refractivity contribution in [3.05, 3.63) is 112 Å². The summed E-state index contributed by atoms with van der Waals surface area (Å²) in [5, 5.41) is 23.5. The van der Waals surface area contributed by atoms with Gasteiger partial charge in [0.05, 0.1) is 23.0 Å². The van der Waals surface area contributed by atoms with Crippen LogP contribution in [0.25, 0.3) is 33.4 Å². The van der Waals surface area contributed by atoms with Crippen LogP contribution in [0.15, 0.2) is 94.1 Å². The SMILES string of the molecule is O=C(NC(Cc1ccccc1)C(=O)CCl)c1cccc(-c2c3ccc(=O)cc-3oc3cc(O)ccc23)c1C(=O)O. The molecule has 3 N–H and O–H groups in total. The first-order valence-corrected chi connectivity index (χ1v) is 12.8. The topological polar surface area (TPSA) is 134 Å². The van der Waals surface area contributed by atoms with Gasteiger partial charge in [0.15, 0.2) is 11.2 Å². The molecule has 3 aromatic rings. The van der Waals surface area contributed by atoms with E-state index in [1.54, 1.807) is 12.1 Å². The number of carboxylic acids is 1. The Balaban J connectivity index is 1.66. The largest absolute Gasteiger partial charge is 0.508 e. The molecule has 1 atom stereocenters. The maximum absolute atomic E-state index is 13.5. The average molecular weight is 556 g/mol. The highest BCUT2D eigenvalue weighted by Gasteiger charge is 2.28. The first-order chi connectivity index (χ1) is 19.3. The van der Waals surface area contributed by atoms with E-state index >= 15 is 0 Å². The van der Waals surface area contributed by atoms with E-state index in [2.05, 4.69) is 5.32 Å². The summed E-state index contributed by atoms with van der Waals surface area (Å²) in [6.07, 6.45) is 0.177. The normalized spacial score (nSPS) is 11.8. The lowest BCUT2D eigenvalue weighted by Gasteiger charge is -2.20. The van der Waals surface area contributed by atoms with Gasteiger partial charge in [-0.3, -0.25) is 14.4 Å². The second kappa shape index (κ2) is 11.0. The number of carbonyl (C=O) groups excluding carboxylic acids is 2. The molecule has 0 aromatic heterocycles. The second-order valence-electron chi connectivity index (χ2n) is 9.16. The fourth-order valence-corrected chi connectivity index (χ4v) is 4.94. The molecule has 40 heavy (non-hydrogen) atoms. The number of ketones is 1. The molecule has 1 heterocycles. The summed E-state index contributed by atoms with van der Waals surface area (Å²) in [6, 6.07) is 21.0. The predicted molar refractivity (Wildman–Crippen MR) is 150 cm³/mol. The van der Waals surface area contributed by atoms with Gasteiger partial charge in [-0.2, -0.15) is 0 Å². The van der Waals surface area contributed by atoms with Crippen molar-refractivity contribution in [2.75, 3.05) is 5.88 Å². The van der Waals surface area contributed by atoms with Crippen molar-refractivity contribution in [1.29, 1.82) is 0 Å². The van der Waals surface area contributed by atoms with Gasteiger partial charge in [0.2, 0.25) is 0 Å². The van der Waals surface area contributed by atoms with E-state index in [9.17, 15) is 29.4 Å². The number of aromatic carboxylic acids is 1. The van der Waals surface area contributed by atoms with Crippen LogP contribution in [0.3, 0.4) is 0 Å². The summed E-state index contributed by atoms with van der Waals surface area (Å²) in [6.45, 7) is 0. The second-order valence-corrected chi connectivity index (χ2v) is 9.43. The third-order valence-corrected chi connectivity index (χ3v) is 6.84. The lowest BCUT2D eigenvalue weighted by Crippen LogP contribution is -2.43. The predicted octanol–water partition coefficient (Wildman–Crippen LogP) is 5.12. The summed E-state index contributed by atoms with van der Waals surface area (Å²) in [5.74, 6) is -2.77. The number of hydrogen-bond acceptors (Lipinski definition) is 6. The zero-order chi connectivity index (χ0) is 28.4. The van der Waals surface area contributed by atoms with Gasteiger partial charge in [0, 0.05) is 28.6 Å². The number of Topliss-reactive ketones (excluding diaryl/α,β-unsaturated/α-hetero) is 1. The van der Waals surface area contributed by atoms with Crippen molar-refractivity contribution in [3.63, 3.8) is 0 Å². The number of phenolic OH excluding ortho intramolecular Hbond substituents is 1. The van der Waals surface area contributed by atoms with Crippen LogP contribution >= 0.6 is 11.6 Å². The molecule has 0 saturated heterocycles. The fourth-order valence-electron chi connectivity index (χ4n) is 4.75. The van der Waals surface area contributed by atoms with Crippen LogP contribution in [-0.4, -0.2) is 39.8 Å². The van der Waals surface area contributed by atoms with Crippen LogP contribution in [0.4, 0.5) is 0 Å². The monoisotopic (exact) mass is 555 g/mol. The van der Waals surface area contributed by atoms with Crippen LogP contribution in [-0.2, 0) is 11.2 Å². The molecule has 1 aliphatic carbocycles. The van der Waals surface area contributed by atoms with Crippen LogP contribution in [0, 0.1) is 0 Å². The Bertz CT molecular complexity index is 1800. The van der Waals surface area contributed by atoms with Gasteiger partial charge in [0.25, 0.3) is 5.91 Å². The third kappa shape index (κ3) is 5.17. The zero-order valence-electron chi connectivity index (χ0n) is 20.9. The minimum Gasteiger partial charge on any atom is -0.508 e. The number of carboxylic acid groups (broad SMARTS) is 1. The number of amides is 1. The van der Waals surface area contributed by atoms with Gasteiger partial charge < -0.3 is 19.9 Å². The molecule has 2 aliphatic rings. The van der Waals surface area contributed by atoms with Crippen molar-refractivity contribution in [2.24, 2.45) is 0 Å². The van der Waals surface area contributed by atoms with Crippen molar-refractivity contribution >= 4 is 40.2 Å². The zero-order valence-corrected chi connectivity index (χ0v) is 21.6. The number of benzene rings is 4. The molecule has 1 aliphatic heterocycles. The Labute approximate surface area is 232 Å². The summed E-state index contributed by atoms with van der Waals surface area (Å²) in [7, 11) is 0. The molecule has 200 valence electrons. The van der Waals surface area contributed by atoms with Crippen molar-refractivity contribution in [3.8, 4) is 28.2 Å². The molecule has 1 unspecified atom stereocenters. The van der Waals surface area contributed by atoms with Gasteiger partial charge in [0.1, 0.15) is 17.1 Å². The van der Waals surface area contributed by atoms with Crippen LogP contribution < -0.4 is 10.7 Å². The van der Waals surface area contributed by atoms with Crippen molar-refractivity contribution in [2.45, 2.75) is 12.5 Å². The molecule has 5 rings (SSSR count). The molecular weight excluding hydrogens is 534 g/mol. The highest BCUT2D eigenvalue weighted by molar-refractivity contribution is 6.28. The van der Waals surface area contributed by atoms with E-state index < -0.39 is 23.7 Å².